The van der Waals surface area contributed by atoms with E-state index in [4.69, 9.17) is 4.84 Å². The van der Waals surface area contributed by atoms with Gasteiger partial charge < -0.3 is 5.32 Å². The number of hydroxylamine groups is 1. The van der Waals surface area contributed by atoms with E-state index in [1.165, 1.54) is 5.57 Å². The number of likely N-dealkylation sites (tertiary alicyclic amines) is 1. The molecule has 1 aliphatic rings. The molecule has 5 heteroatoms. The zero-order chi connectivity index (χ0) is 15.8. The molecule has 0 unspecified atom stereocenters. The number of rotatable bonds is 6. The Kier molecular flexibility index (Phi) is 6.43. The molecule has 0 bridgehead atoms. The Morgan fingerprint density at radius 3 is 2.64 bits per heavy atom. The van der Waals surface area contributed by atoms with Crippen molar-refractivity contribution in [2.75, 3.05) is 19.6 Å². The predicted molar refractivity (Wildman–Crippen MR) is 87.2 cm³/mol. The summed E-state index contributed by atoms with van der Waals surface area (Å²) in [5, 5.41) is 2.95. The summed E-state index contributed by atoms with van der Waals surface area (Å²) < 4.78 is 0. The van der Waals surface area contributed by atoms with Crippen molar-refractivity contribution in [1.29, 1.82) is 0 Å². The molecule has 0 aromatic heterocycles. The van der Waals surface area contributed by atoms with Crippen LogP contribution < -0.4 is 10.8 Å². The molecular weight excluding hydrogens is 278 g/mol. The number of nitrogens with zero attached hydrogens (tertiary/aromatic N) is 1. The molecule has 2 N–H and O–H groups in total. The molecular formula is C17H25N3O2. The quantitative estimate of drug-likeness (QED) is 0.627. The second-order valence-corrected chi connectivity index (χ2v) is 5.86. The molecule has 1 saturated heterocycles. The van der Waals surface area contributed by atoms with E-state index in [1.807, 2.05) is 37.3 Å². The Morgan fingerprint density at radius 1 is 1.32 bits per heavy atom. The zero-order valence-corrected chi connectivity index (χ0v) is 13.2. The Morgan fingerprint density at radius 2 is 2.00 bits per heavy atom. The lowest BCUT2D eigenvalue weighted by molar-refractivity contribution is 0.0471. The van der Waals surface area contributed by atoms with Gasteiger partial charge in [-0.25, -0.2) is 10.3 Å². The Bertz CT molecular complexity index is 482. The minimum Gasteiger partial charge on any atom is -0.334 e. The molecule has 1 fully saturated rings. The van der Waals surface area contributed by atoms with Crippen LogP contribution in [0.4, 0.5) is 4.79 Å². The Hall–Kier alpha value is -1.85. The van der Waals surface area contributed by atoms with E-state index in [2.05, 4.69) is 22.3 Å². The van der Waals surface area contributed by atoms with E-state index in [1.54, 1.807) is 0 Å². The lowest BCUT2D eigenvalue weighted by Crippen LogP contribution is -2.48. The molecule has 120 valence electrons. The lowest BCUT2D eigenvalue weighted by Gasteiger charge is -2.32. The van der Waals surface area contributed by atoms with Crippen molar-refractivity contribution < 1.29 is 9.63 Å². The summed E-state index contributed by atoms with van der Waals surface area (Å²) in [6.07, 6.45) is 1.92. The van der Waals surface area contributed by atoms with Crippen molar-refractivity contribution in [1.82, 2.24) is 15.7 Å². The van der Waals surface area contributed by atoms with Crippen LogP contribution in [0, 0.1) is 0 Å². The smallest absolute Gasteiger partial charge is 0.334 e. The Labute approximate surface area is 132 Å². The fourth-order valence-electron chi connectivity index (χ4n) is 2.59. The third kappa shape index (κ3) is 5.87. The molecule has 0 atom stereocenters. The first kappa shape index (κ1) is 16.5. The van der Waals surface area contributed by atoms with E-state index >= 15 is 0 Å². The molecule has 1 heterocycles. The van der Waals surface area contributed by atoms with Crippen LogP contribution in [-0.4, -0.2) is 36.6 Å². The van der Waals surface area contributed by atoms with Crippen LogP contribution in [0.1, 0.15) is 25.3 Å². The van der Waals surface area contributed by atoms with Crippen LogP contribution in [0.3, 0.4) is 0 Å². The number of urea groups is 1. The largest absolute Gasteiger partial charge is 0.338 e. The van der Waals surface area contributed by atoms with E-state index < -0.39 is 0 Å². The van der Waals surface area contributed by atoms with E-state index in [-0.39, 0.29) is 12.1 Å². The summed E-state index contributed by atoms with van der Waals surface area (Å²) in [4.78, 5) is 19.4. The van der Waals surface area contributed by atoms with Crippen LogP contribution in [-0.2, 0) is 11.4 Å². The van der Waals surface area contributed by atoms with Crippen molar-refractivity contribution in [3.8, 4) is 0 Å². The van der Waals surface area contributed by atoms with Gasteiger partial charge in [-0.15, -0.1) is 0 Å². The van der Waals surface area contributed by atoms with E-state index in [9.17, 15) is 4.79 Å². The highest BCUT2D eigenvalue weighted by atomic mass is 16.7. The molecule has 0 spiro atoms. The first-order valence-electron chi connectivity index (χ1n) is 7.72. The van der Waals surface area contributed by atoms with Gasteiger partial charge in [-0.3, -0.25) is 9.74 Å². The van der Waals surface area contributed by atoms with Gasteiger partial charge in [-0.2, -0.15) is 0 Å². The first-order chi connectivity index (χ1) is 10.6. The van der Waals surface area contributed by atoms with Crippen molar-refractivity contribution in [3.05, 3.63) is 48.0 Å². The number of amides is 2. The second-order valence-electron chi connectivity index (χ2n) is 5.86. The topological polar surface area (TPSA) is 53.6 Å². The average molecular weight is 303 g/mol. The van der Waals surface area contributed by atoms with Crippen LogP contribution >= 0.6 is 0 Å². The van der Waals surface area contributed by atoms with Crippen LogP contribution in [0.2, 0.25) is 0 Å². The standard InChI is InChI=1S/C17H25N3O2/c1-14(2)12-20-10-8-16(9-11-20)18-17(21)19-22-13-15-6-4-3-5-7-15/h3-7,16H,1,8-13H2,2H3,(H2,18,19,21). The number of hydrogen-bond acceptors (Lipinski definition) is 3. The fourth-order valence-corrected chi connectivity index (χ4v) is 2.59. The van der Waals surface area contributed by atoms with Crippen LogP contribution in [0.5, 0.6) is 0 Å². The second kappa shape index (κ2) is 8.56. The molecule has 2 rings (SSSR count). The van der Waals surface area contributed by atoms with Gasteiger partial charge in [0.25, 0.3) is 0 Å². The van der Waals surface area contributed by atoms with Crippen LogP contribution in [0.15, 0.2) is 42.5 Å². The van der Waals surface area contributed by atoms with Gasteiger partial charge in [-0.05, 0) is 25.3 Å². The highest BCUT2D eigenvalue weighted by Gasteiger charge is 2.20. The molecule has 2 amide bonds. The normalized spacial score (nSPS) is 16.2. The van der Waals surface area contributed by atoms with Gasteiger partial charge in [0, 0.05) is 25.7 Å². The maximum absolute atomic E-state index is 11.8. The third-order valence-corrected chi connectivity index (χ3v) is 3.66. The number of benzene rings is 1. The number of carbonyl (C=O) groups excluding carboxylic acids is 1. The molecule has 0 radical (unpaired) electrons. The monoisotopic (exact) mass is 303 g/mol. The average Bonchev–Trinajstić information content (AvgIpc) is 2.50. The van der Waals surface area contributed by atoms with E-state index in [0.717, 1.165) is 38.0 Å². The number of hydrogen-bond donors (Lipinski definition) is 2. The minimum atomic E-state index is -0.269. The highest BCUT2D eigenvalue weighted by molar-refractivity contribution is 5.73. The predicted octanol–water partition coefficient (Wildman–Crippen LogP) is 2.46. The maximum atomic E-state index is 11.8. The van der Waals surface area contributed by atoms with Crippen LogP contribution in [0.25, 0.3) is 0 Å². The number of carbonyl (C=O) groups is 1. The summed E-state index contributed by atoms with van der Waals surface area (Å²) in [7, 11) is 0. The van der Waals surface area contributed by atoms with Crippen molar-refractivity contribution in [2.24, 2.45) is 0 Å². The summed E-state index contributed by atoms with van der Waals surface area (Å²) in [6.45, 7) is 9.27. The lowest BCUT2D eigenvalue weighted by atomic mass is 10.0. The molecule has 1 aliphatic heterocycles. The fraction of sp³-hybridized carbons (Fsp3) is 0.471. The van der Waals surface area contributed by atoms with Gasteiger partial charge in [0.15, 0.2) is 0 Å². The van der Waals surface area contributed by atoms with Gasteiger partial charge in [0.1, 0.15) is 0 Å². The SMILES string of the molecule is C=C(C)CN1CCC(NC(=O)NOCc2ccccc2)CC1. The number of piperidine rings is 1. The molecule has 1 aromatic rings. The van der Waals surface area contributed by atoms with Crippen molar-refractivity contribution in [3.63, 3.8) is 0 Å². The highest BCUT2D eigenvalue weighted by Crippen LogP contribution is 2.11. The van der Waals surface area contributed by atoms with Gasteiger partial charge in [0.2, 0.25) is 0 Å². The van der Waals surface area contributed by atoms with Crippen molar-refractivity contribution in [2.45, 2.75) is 32.4 Å². The van der Waals surface area contributed by atoms with Gasteiger partial charge in [0.05, 0.1) is 6.61 Å². The summed E-state index contributed by atoms with van der Waals surface area (Å²) in [6, 6.07) is 9.68. The third-order valence-electron chi connectivity index (χ3n) is 3.66. The molecule has 0 saturated carbocycles. The molecule has 0 aliphatic carbocycles. The maximum Gasteiger partial charge on any atom is 0.338 e. The summed E-state index contributed by atoms with van der Waals surface area (Å²) >= 11 is 0. The van der Waals surface area contributed by atoms with E-state index in [0.29, 0.717) is 6.61 Å². The summed E-state index contributed by atoms with van der Waals surface area (Å²) in [5.74, 6) is 0. The van der Waals surface area contributed by atoms with Gasteiger partial charge >= 0.3 is 6.03 Å². The van der Waals surface area contributed by atoms with Crippen molar-refractivity contribution >= 4 is 6.03 Å². The first-order valence-corrected chi connectivity index (χ1v) is 7.72. The molecule has 22 heavy (non-hydrogen) atoms. The summed E-state index contributed by atoms with van der Waals surface area (Å²) in [5.41, 5.74) is 4.65. The molecule has 1 aromatic carbocycles. The zero-order valence-electron chi connectivity index (χ0n) is 13.2. The Balaban J connectivity index is 1.61. The molecule has 5 nitrogen and oxygen atoms in total. The minimum absolute atomic E-state index is 0.210. The number of nitrogens with one attached hydrogen (secondary N) is 2. The van der Waals surface area contributed by atoms with Gasteiger partial charge in [-0.1, -0.05) is 42.5 Å².